The number of carbonyl (C=O) groups is 1. The summed E-state index contributed by atoms with van der Waals surface area (Å²) in [5.74, 6) is 1.29. The molecule has 3 fully saturated rings. The highest BCUT2D eigenvalue weighted by atomic mass is 16.5. The third-order valence-electron chi connectivity index (χ3n) is 6.14. The monoisotopic (exact) mass is 368 g/mol. The van der Waals surface area contributed by atoms with Gasteiger partial charge in [0, 0.05) is 32.2 Å². The maximum Gasteiger partial charge on any atom is 0.225 e. The second-order valence-corrected chi connectivity index (χ2v) is 8.41. The van der Waals surface area contributed by atoms with Crippen molar-refractivity contribution in [2.45, 2.75) is 57.7 Å². The van der Waals surface area contributed by atoms with Crippen molar-refractivity contribution in [2.24, 2.45) is 11.8 Å². The van der Waals surface area contributed by atoms with Gasteiger partial charge in [0.1, 0.15) is 0 Å². The van der Waals surface area contributed by atoms with Crippen molar-refractivity contribution in [3.63, 3.8) is 0 Å². The summed E-state index contributed by atoms with van der Waals surface area (Å²) in [7, 11) is 0. The van der Waals surface area contributed by atoms with Crippen LogP contribution in [0.3, 0.4) is 0 Å². The van der Waals surface area contributed by atoms with Crippen LogP contribution in [0.2, 0.25) is 0 Å². The predicted octanol–water partition coefficient (Wildman–Crippen LogP) is 1.51. The van der Waals surface area contributed by atoms with E-state index in [-0.39, 0.29) is 12.0 Å². The number of hydrogen-bond acceptors (Lipinski definition) is 5. The number of carbonyl (C=O) groups excluding carboxylic acids is 1. The van der Waals surface area contributed by atoms with Crippen molar-refractivity contribution < 1.29 is 19.4 Å². The molecule has 1 amide bonds. The van der Waals surface area contributed by atoms with E-state index in [2.05, 4.69) is 16.7 Å². The average molecular weight is 369 g/mol. The normalized spacial score (nSPS) is 27.8. The lowest BCUT2D eigenvalue weighted by molar-refractivity contribution is -0.138. The van der Waals surface area contributed by atoms with Crippen molar-refractivity contribution in [3.05, 3.63) is 0 Å². The van der Waals surface area contributed by atoms with Gasteiger partial charge in [-0.1, -0.05) is 6.92 Å². The van der Waals surface area contributed by atoms with Crippen molar-refractivity contribution in [2.75, 3.05) is 52.5 Å². The molecule has 150 valence electrons. The zero-order valence-electron chi connectivity index (χ0n) is 16.3. The summed E-state index contributed by atoms with van der Waals surface area (Å²) >= 11 is 0. The van der Waals surface area contributed by atoms with Crippen LogP contribution in [0.25, 0.3) is 0 Å². The van der Waals surface area contributed by atoms with E-state index in [1.165, 1.54) is 0 Å². The van der Waals surface area contributed by atoms with E-state index in [1.54, 1.807) is 0 Å². The standard InChI is InChI=1S/C20H36N2O4/c1-16-4-10-22(11-5-16)20(24)17-6-8-21(9-7-17)13-18(23)14-25-15-19-3-2-12-26-19/h16-19,23H,2-15H2,1H3. The van der Waals surface area contributed by atoms with Crippen molar-refractivity contribution in [1.82, 2.24) is 9.80 Å². The Morgan fingerprint density at radius 3 is 2.54 bits per heavy atom. The summed E-state index contributed by atoms with van der Waals surface area (Å²) in [4.78, 5) is 17.0. The van der Waals surface area contributed by atoms with Gasteiger partial charge in [-0.3, -0.25) is 4.79 Å². The number of amides is 1. The highest BCUT2D eigenvalue weighted by molar-refractivity contribution is 5.79. The van der Waals surface area contributed by atoms with Crippen LogP contribution in [0, 0.1) is 11.8 Å². The first-order chi connectivity index (χ1) is 12.6. The van der Waals surface area contributed by atoms with Crippen LogP contribution in [0.15, 0.2) is 0 Å². The van der Waals surface area contributed by atoms with E-state index < -0.39 is 6.10 Å². The number of aliphatic hydroxyl groups is 1. The van der Waals surface area contributed by atoms with E-state index in [9.17, 15) is 9.90 Å². The smallest absolute Gasteiger partial charge is 0.225 e. The summed E-state index contributed by atoms with van der Waals surface area (Å²) in [5, 5.41) is 10.2. The molecule has 0 aliphatic carbocycles. The minimum atomic E-state index is -0.466. The Hall–Kier alpha value is -0.690. The highest BCUT2D eigenvalue weighted by Gasteiger charge is 2.30. The van der Waals surface area contributed by atoms with Crippen LogP contribution in [0.4, 0.5) is 0 Å². The molecule has 3 rings (SSSR count). The molecule has 0 saturated carbocycles. The number of piperidine rings is 2. The Kier molecular flexibility index (Phi) is 7.73. The quantitative estimate of drug-likeness (QED) is 0.738. The number of β-amino-alcohol motifs (C(OH)–C–C–N with tert-alkyl or cyclic N) is 1. The van der Waals surface area contributed by atoms with Crippen LogP contribution in [-0.2, 0) is 14.3 Å². The van der Waals surface area contributed by atoms with Crippen molar-refractivity contribution in [3.8, 4) is 0 Å². The van der Waals surface area contributed by atoms with E-state index >= 15 is 0 Å². The first-order valence-electron chi connectivity index (χ1n) is 10.5. The molecule has 3 aliphatic heterocycles. The molecule has 0 bridgehead atoms. The Morgan fingerprint density at radius 2 is 1.88 bits per heavy atom. The van der Waals surface area contributed by atoms with Gasteiger partial charge in [-0.25, -0.2) is 0 Å². The fourth-order valence-electron chi connectivity index (χ4n) is 4.31. The molecular weight excluding hydrogens is 332 g/mol. The number of nitrogens with zero attached hydrogens (tertiary/aromatic N) is 2. The minimum absolute atomic E-state index is 0.174. The fraction of sp³-hybridized carbons (Fsp3) is 0.950. The minimum Gasteiger partial charge on any atom is -0.389 e. The molecule has 0 aromatic carbocycles. The second-order valence-electron chi connectivity index (χ2n) is 8.41. The van der Waals surface area contributed by atoms with E-state index in [4.69, 9.17) is 9.47 Å². The number of aliphatic hydroxyl groups excluding tert-OH is 1. The highest BCUT2D eigenvalue weighted by Crippen LogP contribution is 2.23. The van der Waals surface area contributed by atoms with Crippen molar-refractivity contribution >= 4 is 5.91 Å². The summed E-state index contributed by atoms with van der Waals surface area (Å²) in [5.41, 5.74) is 0. The van der Waals surface area contributed by atoms with Crippen LogP contribution in [0.5, 0.6) is 0 Å². The molecule has 0 spiro atoms. The largest absolute Gasteiger partial charge is 0.389 e. The fourth-order valence-corrected chi connectivity index (χ4v) is 4.31. The Balaban J connectivity index is 1.29. The van der Waals surface area contributed by atoms with Gasteiger partial charge in [-0.15, -0.1) is 0 Å². The summed E-state index contributed by atoms with van der Waals surface area (Å²) < 4.78 is 11.1. The summed E-state index contributed by atoms with van der Waals surface area (Å²) in [6, 6.07) is 0. The van der Waals surface area contributed by atoms with Gasteiger partial charge < -0.3 is 24.4 Å². The molecule has 2 unspecified atom stereocenters. The maximum atomic E-state index is 12.7. The molecular formula is C20H36N2O4. The Bertz CT molecular complexity index is 426. The zero-order chi connectivity index (χ0) is 18.4. The molecule has 3 saturated heterocycles. The molecule has 1 N–H and O–H groups in total. The van der Waals surface area contributed by atoms with Gasteiger partial charge in [0.2, 0.25) is 5.91 Å². The van der Waals surface area contributed by atoms with Gasteiger partial charge >= 0.3 is 0 Å². The Morgan fingerprint density at radius 1 is 1.15 bits per heavy atom. The van der Waals surface area contributed by atoms with Crippen molar-refractivity contribution in [1.29, 1.82) is 0 Å². The number of hydrogen-bond donors (Lipinski definition) is 1. The van der Waals surface area contributed by atoms with E-state index in [0.29, 0.717) is 25.7 Å². The molecule has 2 atom stereocenters. The molecule has 0 radical (unpaired) electrons. The van der Waals surface area contributed by atoms with E-state index in [0.717, 1.165) is 77.2 Å². The third-order valence-corrected chi connectivity index (χ3v) is 6.14. The maximum absolute atomic E-state index is 12.7. The Labute approximate surface area is 157 Å². The van der Waals surface area contributed by atoms with Gasteiger partial charge in [0.25, 0.3) is 0 Å². The zero-order valence-corrected chi connectivity index (χ0v) is 16.3. The first-order valence-corrected chi connectivity index (χ1v) is 10.5. The third kappa shape index (κ3) is 5.91. The lowest BCUT2D eigenvalue weighted by Crippen LogP contribution is -2.46. The lowest BCUT2D eigenvalue weighted by Gasteiger charge is -2.37. The average Bonchev–Trinajstić information content (AvgIpc) is 3.16. The van der Waals surface area contributed by atoms with Gasteiger partial charge in [-0.2, -0.15) is 0 Å². The number of likely N-dealkylation sites (tertiary alicyclic amines) is 2. The molecule has 6 nitrogen and oxygen atoms in total. The van der Waals surface area contributed by atoms with Crippen LogP contribution in [-0.4, -0.2) is 85.6 Å². The molecule has 0 aromatic rings. The molecule has 0 aromatic heterocycles. The number of rotatable bonds is 7. The molecule has 3 heterocycles. The topological polar surface area (TPSA) is 62.2 Å². The summed E-state index contributed by atoms with van der Waals surface area (Å²) in [6.07, 6.45) is 6.02. The molecule has 26 heavy (non-hydrogen) atoms. The summed E-state index contributed by atoms with van der Waals surface area (Å²) in [6.45, 7) is 8.34. The van der Waals surface area contributed by atoms with Gasteiger partial charge in [0.05, 0.1) is 25.4 Å². The van der Waals surface area contributed by atoms with Gasteiger partial charge in [0.15, 0.2) is 0 Å². The van der Waals surface area contributed by atoms with Crippen LogP contribution in [0.1, 0.15) is 45.4 Å². The van der Waals surface area contributed by atoms with Crippen LogP contribution < -0.4 is 0 Å². The first kappa shape index (κ1) is 20.1. The molecule has 3 aliphatic rings. The predicted molar refractivity (Wildman–Crippen MR) is 99.9 cm³/mol. The van der Waals surface area contributed by atoms with E-state index in [1.807, 2.05) is 0 Å². The second kappa shape index (κ2) is 10.0. The van der Waals surface area contributed by atoms with Gasteiger partial charge in [-0.05, 0) is 57.5 Å². The van der Waals surface area contributed by atoms with Crippen LogP contribution >= 0.6 is 0 Å². The number of ether oxygens (including phenoxy) is 2. The lowest BCUT2D eigenvalue weighted by atomic mass is 9.92. The molecule has 6 heteroatoms. The SMILES string of the molecule is CC1CCN(C(=O)C2CCN(CC(O)COCC3CCCO3)CC2)CC1.